The summed E-state index contributed by atoms with van der Waals surface area (Å²) < 4.78 is 26.0. The van der Waals surface area contributed by atoms with Gasteiger partial charge in [-0.15, -0.1) is 0 Å². The molecule has 1 saturated heterocycles. The van der Waals surface area contributed by atoms with Crippen molar-refractivity contribution >= 4 is 27.6 Å². The topological polar surface area (TPSA) is 98.5 Å². The molecule has 1 N–H and O–H groups in total. The average Bonchev–Trinajstić information content (AvgIpc) is 2.89. The summed E-state index contributed by atoms with van der Waals surface area (Å²) in [5, 5.41) is 18.1. The number of rotatable bonds is 3. The van der Waals surface area contributed by atoms with Gasteiger partial charge in [0.25, 0.3) is 0 Å². The van der Waals surface area contributed by atoms with Crippen molar-refractivity contribution in [2.75, 3.05) is 13.1 Å². The number of hydrogen-bond donors (Lipinski definition) is 1. The molecule has 6 nitrogen and oxygen atoms in total. The molecule has 0 radical (unpaired) electrons. The van der Waals surface area contributed by atoms with Crippen LogP contribution in [0.4, 0.5) is 0 Å². The minimum absolute atomic E-state index is 0.00632. The first-order valence-electron chi connectivity index (χ1n) is 5.79. The predicted octanol–water partition coefficient (Wildman–Crippen LogP) is 1.31. The number of halogens is 1. The molecule has 1 aliphatic heterocycles. The van der Waals surface area contributed by atoms with Gasteiger partial charge in [0.05, 0.1) is 11.5 Å². The molecule has 0 aromatic heterocycles. The molecule has 1 atom stereocenters. The van der Waals surface area contributed by atoms with Gasteiger partial charge >= 0.3 is 5.97 Å². The first kappa shape index (κ1) is 14.8. The molecule has 8 heteroatoms. The largest absolute Gasteiger partial charge is 0.481 e. The van der Waals surface area contributed by atoms with Crippen LogP contribution in [0.2, 0.25) is 5.02 Å². The van der Waals surface area contributed by atoms with E-state index in [0.717, 1.165) is 4.31 Å². The molecule has 20 heavy (non-hydrogen) atoms. The van der Waals surface area contributed by atoms with Gasteiger partial charge in [-0.05, 0) is 24.6 Å². The van der Waals surface area contributed by atoms with Gasteiger partial charge in [-0.2, -0.15) is 9.57 Å². The number of nitriles is 1. The van der Waals surface area contributed by atoms with Gasteiger partial charge in [0.15, 0.2) is 0 Å². The fourth-order valence-corrected chi connectivity index (χ4v) is 3.99. The highest BCUT2D eigenvalue weighted by Gasteiger charge is 2.36. The second-order valence-corrected chi connectivity index (χ2v) is 6.78. The monoisotopic (exact) mass is 314 g/mol. The van der Waals surface area contributed by atoms with Crippen LogP contribution in [0.25, 0.3) is 0 Å². The highest BCUT2D eigenvalue weighted by atomic mass is 35.5. The van der Waals surface area contributed by atoms with E-state index in [4.69, 9.17) is 22.0 Å². The SMILES string of the molecule is N#Cc1ccc(Cl)cc1S(=O)(=O)N1CCC(C(=O)O)C1. The number of carboxylic acids is 1. The maximum atomic E-state index is 12.5. The molecule has 1 unspecified atom stereocenters. The minimum Gasteiger partial charge on any atom is -0.481 e. The first-order valence-corrected chi connectivity index (χ1v) is 7.60. The van der Waals surface area contributed by atoms with Crippen molar-refractivity contribution in [3.8, 4) is 6.07 Å². The van der Waals surface area contributed by atoms with E-state index in [1.54, 1.807) is 6.07 Å². The van der Waals surface area contributed by atoms with Gasteiger partial charge in [0.2, 0.25) is 10.0 Å². The Bertz CT molecular complexity index is 696. The van der Waals surface area contributed by atoms with Crippen LogP contribution in [0.1, 0.15) is 12.0 Å². The summed E-state index contributed by atoms with van der Waals surface area (Å²) in [6.45, 7) is 0.0335. The Morgan fingerprint density at radius 3 is 2.75 bits per heavy atom. The Morgan fingerprint density at radius 1 is 1.50 bits per heavy atom. The number of sulfonamides is 1. The van der Waals surface area contributed by atoms with Gasteiger partial charge in [0, 0.05) is 18.1 Å². The lowest BCUT2D eigenvalue weighted by Crippen LogP contribution is -2.30. The van der Waals surface area contributed by atoms with Crippen LogP contribution in [-0.4, -0.2) is 36.9 Å². The van der Waals surface area contributed by atoms with Gasteiger partial charge < -0.3 is 5.11 Å². The van der Waals surface area contributed by atoms with Gasteiger partial charge in [-0.1, -0.05) is 11.6 Å². The third-order valence-corrected chi connectivity index (χ3v) is 5.32. The fourth-order valence-electron chi connectivity index (χ4n) is 2.09. The lowest BCUT2D eigenvalue weighted by molar-refractivity contribution is -0.141. The molecule has 0 amide bonds. The van der Waals surface area contributed by atoms with Crippen molar-refractivity contribution in [1.29, 1.82) is 5.26 Å². The molecular formula is C12H11ClN2O4S. The Labute approximate surface area is 121 Å². The molecule has 106 valence electrons. The third-order valence-electron chi connectivity index (χ3n) is 3.18. The lowest BCUT2D eigenvalue weighted by Gasteiger charge is -2.17. The Hall–Kier alpha value is -1.62. The van der Waals surface area contributed by atoms with Crippen LogP contribution in [0.3, 0.4) is 0 Å². The standard InChI is InChI=1S/C12H11ClN2O4S/c13-10-2-1-8(6-14)11(5-10)20(18,19)15-4-3-9(7-15)12(16)17/h1-2,5,9H,3-4,7H2,(H,16,17). The van der Waals surface area contributed by atoms with Crippen molar-refractivity contribution in [2.45, 2.75) is 11.3 Å². The van der Waals surface area contributed by atoms with Crippen molar-refractivity contribution in [1.82, 2.24) is 4.31 Å². The fraction of sp³-hybridized carbons (Fsp3) is 0.333. The second kappa shape index (κ2) is 5.40. The maximum absolute atomic E-state index is 12.5. The van der Waals surface area contributed by atoms with Crippen LogP contribution in [-0.2, 0) is 14.8 Å². The third kappa shape index (κ3) is 2.63. The zero-order chi connectivity index (χ0) is 14.9. The Kier molecular flexibility index (Phi) is 3.99. The van der Waals surface area contributed by atoms with Crippen molar-refractivity contribution in [3.05, 3.63) is 28.8 Å². The zero-order valence-electron chi connectivity index (χ0n) is 10.3. The van der Waals surface area contributed by atoms with Gasteiger partial charge in [-0.3, -0.25) is 4.79 Å². The quantitative estimate of drug-likeness (QED) is 0.906. The summed E-state index contributed by atoms with van der Waals surface area (Å²) >= 11 is 5.78. The first-order chi connectivity index (χ1) is 9.36. The molecule has 1 heterocycles. The molecule has 0 saturated carbocycles. The molecular weight excluding hydrogens is 304 g/mol. The number of nitrogens with zero attached hydrogens (tertiary/aromatic N) is 2. The highest BCUT2D eigenvalue weighted by Crippen LogP contribution is 2.28. The molecule has 1 fully saturated rings. The maximum Gasteiger partial charge on any atom is 0.307 e. The Balaban J connectivity index is 2.40. The van der Waals surface area contributed by atoms with Crippen molar-refractivity contribution < 1.29 is 18.3 Å². The van der Waals surface area contributed by atoms with Crippen molar-refractivity contribution in [3.63, 3.8) is 0 Å². The van der Waals surface area contributed by atoms with Gasteiger partial charge in [0.1, 0.15) is 11.0 Å². The summed E-state index contributed by atoms with van der Waals surface area (Å²) in [5.41, 5.74) is -0.00632. The summed E-state index contributed by atoms with van der Waals surface area (Å²) in [4.78, 5) is 10.7. The van der Waals surface area contributed by atoms with Crippen molar-refractivity contribution in [2.24, 2.45) is 5.92 Å². The number of benzene rings is 1. The van der Waals surface area contributed by atoms with E-state index in [1.807, 2.05) is 0 Å². The molecule has 0 spiro atoms. The predicted molar refractivity (Wildman–Crippen MR) is 70.7 cm³/mol. The normalized spacial score (nSPS) is 19.7. The molecule has 1 aromatic rings. The average molecular weight is 315 g/mol. The van der Waals surface area contributed by atoms with Crippen LogP contribution in [0.15, 0.2) is 23.1 Å². The van der Waals surface area contributed by atoms with E-state index >= 15 is 0 Å². The summed E-state index contributed by atoms with van der Waals surface area (Å²) in [6, 6.07) is 5.78. The number of hydrogen-bond acceptors (Lipinski definition) is 4. The van der Waals surface area contributed by atoms with Crippen LogP contribution < -0.4 is 0 Å². The van der Waals surface area contributed by atoms with E-state index in [0.29, 0.717) is 0 Å². The number of carboxylic acid groups (broad SMARTS) is 1. The van der Waals surface area contributed by atoms with Gasteiger partial charge in [-0.25, -0.2) is 8.42 Å². The van der Waals surface area contributed by atoms with Crippen LogP contribution in [0, 0.1) is 17.2 Å². The van der Waals surface area contributed by atoms with E-state index in [-0.39, 0.29) is 35.0 Å². The number of carbonyl (C=O) groups is 1. The Morgan fingerprint density at radius 2 is 2.20 bits per heavy atom. The summed E-state index contributed by atoms with van der Waals surface area (Å²) in [5.74, 6) is -1.73. The zero-order valence-corrected chi connectivity index (χ0v) is 11.9. The minimum atomic E-state index is -3.91. The van der Waals surface area contributed by atoms with E-state index in [9.17, 15) is 13.2 Å². The lowest BCUT2D eigenvalue weighted by atomic mass is 10.1. The second-order valence-electron chi connectivity index (χ2n) is 4.44. The summed E-state index contributed by atoms with van der Waals surface area (Å²) in [7, 11) is -3.91. The summed E-state index contributed by atoms with van der Waals surface area (Å²) in [6.07, 6.45) is 0.261. The highest BCUT2D eigenvalue weighted by molar-refractivity contribution is 7.89. The van der Waals surface area contributed by atoms with E-state index < -0.39 is 21.9 Å². The molecule has 1 aromatic carbocycles. The van der Waals surface area contributed by atoms with E-state index in [2.05, 4.69) is 0 Å². The molecule has 0 aliphatic carbocycles. The van der Waals surface area contributed by atoms with E-state index in [1.165, 1.54) is 18.2 Å². The molecule has 1 aliphatic rings. The smallest absolute Gasteiger partial charge is 0.307 e. The molecule has 2 rings (SSSR count). The number of aliphatic carboxylic acids is 1. The van der Waals surface area contributed by atoms with Crippen LogP contribution in [0.5, 0.6) is 0 Å². The molecule has 0 bridgehead atoms. The van der Waals surface area contributed by atoms with Crippen LogP contribution >= 0.6 is 11.6 Å².